The predicted octanol–water partition coefficient (Wildman–Crippen LogP) is 4.29. The van der Waals surface area contributed by atoms with Crippen LogP contribution in [-0.2, 0) is 6.61 Å². The van der Waals surface area contributed by atoms with E-state index in [1.165, 1.54) is 6.07 Å². The second-order valence-electron chi connectivity index (χ2n) is 3.66. The lowest BCUT2D eigenvalue weighted by molar-refractivity contribution is 0.300. The molecule has 0 saturated heterocycles. The van der Waals surface area contributed by atoms with Gasteiger partial charge in [-0.3, -0.25) is 0 Å². The molecule has 0 fully saturated rings. The molecule has 2 rings (SSSR count). The average molecular weight is 286 g/mol. The lowest BCUT2D eigenvalue weighted by Crippen LogP contribution is -2.01. The number of benzene rings is 2. The monoisotopic (exact) mass is 285 g/mol. The van der Waals surface area contributed by atoms with E-state index < -0.39 is 5.82 Å². The summed E-state index contributed by atoms with van der Waals surface area (Å²) in [5.41, 5.74) is 5.92. The van der Waals surface area contributed by atoms with Gasteiger partial charge in [0.25, 0.3) is 0 Å². The third-order valence-electron chi connectivity index (χ3n) is 2.41. The van der Waals surface area contributed by atoms with Crippen molar-refractivity contribution in [3.05, 3.63) is 57.8 Å². The molecule has 0 aliphatic rings. The highest BCUT2D eigenvalue weighted by Gasteiger charge is 2.09. The van der Waals surface area contributed by atoms with Gasteiger partial charge >= 0.3 is 0 Å². The standard InChI is InChI=1S/C13H10Cl2FNO/c14-9-4-2-6-11(12(9)15)18-7-8-3-1-5-10(17)13(8)16/h1-6H,7,17H2. The molecular formula is C13H10Cl2FNO. The highest BCUT2D eigenvalue weighted by molar-refractivity contribution is 6.42. The fourth-order valence-corrected chi connectivity index (χ4v) is 1.81. The molecule has 0 aliphatic heterocycles. The zero-order valence-electron chi connectivity index (χ0n) is 9.29. The summed E-state index contributed by atoms with van der Waals surface area (Å²) >= 11 is 11.8. The number of nitrogens with two attached hydrogens (primary N) is 1. The highest BCUT2D eigenvalue weighted by Crippen LogP contribution is 2.32. The molecule has 0 spiro atoms. The quantitative estimate of drug-likeness (QED) is 0.854. The van der Waals surface area contributed by atoms with Crippen LogP contribution in [0.2, 0.25) is 10.0 Å². The van der Waals surface area contributed by atoms with Gasteiger partial charge in [-0.1, -0.05) is 41.4 Å². The van der Waals surface area contributed by atoms with Crippen LogP contribution in [0.3, 0.4) is 0 Å². The Hall–Kier alpha value is -1.45. The molecular weight excluding hydrogens is 276 g/mol. The molecule has 0 atom stereocenters. The largest absolute Gasteiger partial charge is 0.487 e. The maximum Gasteiger partial charge on any atom is 0.152 e. The van der Waals surface area contributed by atoms with E-state index in [4.69, 9.17) is 33.7 Å². The number of rotatable bonds is 3. The number of ether oxygens (including phenoxy) is 1. The van der Waals surface area contributed by atoms with Gasteiger partial charge in [0.15, 0.2) is 5.82 Å². The summed E-state index contributed by atoms with van der Waals surface area (Å²) in [6.45, 7) is 0.0386. The molecule has 0 amide bonds. The summed E-state index contributed by atoms with van der Waals surface area (Å²) in [4.78, 5) is 0. The van der Waals surface area contributed by atoms with E-state index in [0.717, 1.165) is 0 Å². The highest BCUT2D eigenvalue weighted by atomic mass is 35.5. The smallest absolute Gasteiger partial charge is 0.152 e. The molecule has 2 aromatic rings. The minimum absolute atomic E-state index is 0.0386. The van der Waals surface area contributed by atoms with E-state index in [0.29, 0.717) is 21.4 Å². The number of anilines is 1. The normalized spacial score (nSPS) is 10.4. The fraction of sp³-hybridized carbons (Fsp3) is 0.0769. The van der Waals surface area contributed by atoms with Crippen molar-refractivity contribution in [3.8, 4) is 5.75 Å². The zero-order valence-corrected chi connectivity index (χ0v) is 10.8. The van der Waals surface area contributed by atoms with Crippen molar-refractivity contribution in [2.45, 2.75) is 6.61 Å². The van der Waals surface area contributed by atoms with Crippen molar-refractivity contribution in [1.29, 1.82) is 0 Å². The van der Waals surface area contributed by atoms with Crippen LogP contribution in [-0.4, -0.2) is 0 Å². The van der Waals surface area contributed by atoms with Crippen molar-refractivity contribution in [2.75, 3.05) is 5.73 Å². The summed E-state index contributed by atoms with van der Waals surface area (Å²) in [6, 6.07) is 9.78. The number of halogens is 3. The first kappa shape index (κ1) is 13.0. The first-order chi connectivity index (χ1) is 8.59. The van der Waals surface area contributed by atoms with E-state index in [1.807, 2.05) is 0 Å². The number of nitrogen functional groups attached to an aromatic ring is 1. The predicted molar refractivity (Wildman–Crippen MR) is 71.6 cm³/mol. The molecule has 0 saturated carbocycles. The van der Waals surface area contributed by atoms with Gasteiger partial charge in [-0.15, -0.1) is 0 Å². The van der Waals surface area contributed by atoms with Crippen molar-refractivity contribution in [1.82, 2.24) is 0 Å². The molecule has 94 valence electrons. The molecule has 0 unspecified atom stereocenters. The summed E-state index contributed by atoms with van der Waals surface area (Å²) in [5.74, 6) is -0.0679. The van der Waals surface area contributed by atoms with Gasteiger partial charge in [0.2, 0.25) is 0 Å². The Morgan fingerprint density at radius 1 is 1.11 bits per heavy atom. The van der Waals surface area contributed by atoms with E-state index in [-0.39, 0.29) is 12.3 Å². The molecule has 5 heteroatoms. The Labute approximate surface area is 114 Å². The number of hydrogen-bond donors (Lipinski definition) is 1. The van der Waals surface area contributed by atoms with Gasteiger partial charge in [0, 0.05) is 5.56 Å². The van der Waals surface area contributed by atoms with Crippen LogP contribution in [0.15, 0.2) is 36.4 Å². The van der Waals surface area contributed by atoms with E-state index in [9.17, 15) is 4.39 Å². The van der Waals surface area contributed by atoms with E-state index >= 15 is 0 Å². The lowest BCUT2D eigenvalue weighted by Gasteiger charge is -2.10. The molecule has 0 bridgehead atoms. The third kappa shape index (κ3) is 2.68. The molecule has 2 N–H and O–H groups in total. The van der Waals surface area contributed by atoms with Crippen LogP contribution in [0, 0.1) is 5.82 Å². The Morgan fingerprint density at radius 2 is 1.83 bits per heavy atom. The molecule has 0 radical (unpaired) electrons. The first-order valence-electron chi connectivity index (χ1n) is 5.19. The maximum atomic E-state index is 13.6. The second-order valence-corrected chi connectivity index (χ2v) is 4.45. The SMILES string of the molecule is Nc1cccc(COc2cccc(Cl)c2Cl)c1F. The summed E-state index contributed by atoms with van der Waals surface area (Å²) < 4.78 is 19.0. The van der Waals surface area contributed by atoms with Crippen molar-refractivity contribution >= 4 is 28.9 Å². The molecule has 0 heterocycles. The van der Waals surface area contributed by atoms with Gasteiger partial charge in [-0.2, -0.15) is 0 Å². The van der Waals surface area contributed by atoms with Crippen LogP contribution in [0.1, 0.15) is 5.56 Å². The first-order valence-corrected chi connectivity index (χ1v) is 5.95. The van der Waals surface area contributed by atoms with Crippen molar-refractivity contribution < 1.29 is 9.13 Å². The topological polar surface area (TPSA) is 35.2 Å². The third-order valence-corrected chi connectivity index (χ3v) is 3.21. The van der Waals surface area contributed by atoms with Gasteiger partial charge in [-0.05, 0) is 18.2 Å². The molecule has 2 aromatic carbocycles. The van der Waals surface area contributed by atoms with Crippen LogP contribution in [0.25, 0.3) is 0 Å². The van der Waals surface area contributed by atoms with Gasteiger partial charge in [-0.25, -0.2) is 4.39 Å². The minimum Gasteiger partial charge on any atom is -0.487 e. The Morgan fingerprint density at radius 3 is 2.61 bits per heavy atom. The van der Waals surface area contributed by atoms with Crippen molar-refractivity contribution in [3.63, 3.8) is 0 Å². The zero-order chi connectivity index (χ0) is 13.1. The van der Waals surface area contributed by atoms with Crippen LogP contribution in [0.4, 0.5) is 10.1 Å². The summed E-state index contributed by atoms with van der Waals surface area (Å²) in [6.07, 6.45) is 0. The molecule has 18 heavy (non-hydrogen) atoms. The second kappa shape index (κ2) is 5.46. The Kier molecular flexibility index (Phi) is 3.94. The minimum atomic E-state index is -0.476. The van der Waals surface area contributed by atoms with Crippen LogP contribution < -0.4 is 10.5 Å². The van der Waals surface area contributed by atoms with E-state index in [2.05, 4.69) is 0 Å². The van der Waals surface area contributed by atoms with Crippen molar-refractivity contribution in [2.24, 2.45) is 0 Å². The lowest BCUT2D eigenvalue weighted by atomic mass is 10.2. The van der Waals surface area contributed by atoms with Crippen LogP contribution in [0.5, 0.6) is 5.75 Å². The molecule has 0 aliphatic carbocycles. The van der Waals surface area contributed by atoms with Gasteiger partial charge < -0.3 is 10.5 Å². The summed E-state index contributed by atoms with van der Waals surface area (Å²) in [7, 11) is 0. The Balaban J connectivity index is 2.17. The molecule has 0 aromatic heterocycles. The fourth-order valence-electron chi connectivity index (χ4n) is 1.46. The van der Waals surface area contributed by atoms with Gasteiger partial charge in [0.05, 0.1) is 10.7 Å². The summed E-state index contributed by atoms with van der Waals surface area (Å²) in [5, 5.41) is 0.700. The maximum absolute atomic E-state index is 13.6. The Bertz CT molecular complexity index is 523. The number of hydrogen-bond acceptors (Lipinski definition) is 2. The molecule has 2 nitrogen and oxygen atoms in total. The average Bonchev–Trinajstić information content (AvgIpc) is 2.36. The van der Waals surface area contributed by atoms with Crippen LogP contribution >= 0.6 is 23.2 Å². The van der Waals surface area contributed by atoms with Gasteiger partial charge in [0.1, 0.15) is 17.4 Å². The van der Waals surface area contributed by atoms with E-state index in [1.54, 1.807) is 30.3 Å².